The number of sulfonamides is 1. The number of ether oxygens (including phenoxy) is 2. The number of carbonyl (C=O) groups is 1. The van der Waals surface area contributed by atoms with Gasteiger partial charge in [-0.1, -0.05) is 19.9 Å². The molecule has 0 fully saturated rings. The number of hydrogen-bond donors (Lipinski definition) is 1. The first-order chi connectivity index (χ1) is 13.8. The highest BCUT2D eigenvalue weighted by Crippen LogP contribution is 2.30. The quantitative estimate of drug-likeness (QED) is 0.633. The molecule has 1 aromatic carbocycles. The molecule has 1 aromatic heterocycles. The lowest BCUT2D eigenvalue weighted by molar-refractivity contribution is -0.115. The predicted octanol–water partition coefficient (Wildman–Crippen LogP) is 2.70. The fourth-order valence-corrected chi connectivity index (χ4v) is 4.42. The molecule has 0 radical (unpaired) electrons. The number of benzene rings is 1. The van der Waals surface area contributed by atoms with Crippen LogP contribution in [0.5, 0.6) is 11.6 Å². The van der Waals surface area contributed by atoms with Gasteiger partial charge in [0.15, 0.2) is 0 Å². The van der Waals surface area contributed by atoms with E-state index in [2.05, 4.69) is 10.3 Å². The Balaban J connectivity index is 2.28. The molecule has 0 spiro atoms. The highest BCUT2D eigenvalue weighted by molar-refractivity contribution is 7.89. The molecule has 9 heteroatoms. The third-order valence-electron chi connectivity index (χ3n) is 4.18. The van der Waals surface area contributed by atoms with E-state index in [1.807, 2.05) is 0 Å². The predicted molar refractivity (Wildman–Crippen MR) is 111 cm³/mol. The van der Waals surface area contributed by atoms with Crippen molar-refractivity contribution in [2.45, 2.75) is 32.1 Å². The summed E-state index contributed by atoms with van der Waals surface area (Å²) in [6.07, 6.45) is 0.0303. The van der Waals surface area contributed by atoms with Crippen LogP contribution in [-0.2, 0) is 21.2 Å². The molecule has 0 saturated carbocycles. The standard InChI is InChI=1S/C20H27N3O5S/c1-5-23(6-2)29(25,26)18-13-16(11-12-17(18)28-7-3)21-19(24)14-15-9-8-10-20(22-15)27-4/h8-13H,5-7,14H2,1-4H3,(H,21,24). The number of nitrogens with zero attached hydrogens (tertiary/aromatic N) is 2. The summed E-state index contributed by atoms with van der Waals surface area (Å²) in [6.45, 7) is 6.33. The Hall–Kier alpha value is -2.65. The highest BCUT2D eigenvalue weighted by atomic mass is 32.2. The van der Waals surface area contributed by atoms with Crippen molar-refractivity contribution in [1.29, 1.82) is 0 Å². The molecule has 1 N–H and O–H groups in total. The van der Waals surface area contributed by atoms with E-state index in [-0.39, 0.29) is 23.0 Å². The summed E-state index contributed by atoms with van der Waals surface area (Å²) in [5, 5.41) is 2.73. The maximum Gasteiger partial charge on any atom is 0.246 e. The maximum atomic E-state index is 13.0. The number of methoxy groups -OCH3 is 1. The molecule has 158 valence electrons. The summed E-state index contributed by atoms with van der Waals surface area (Å²) < 4.78 is 37.9. The van der Waals surface area contributed by atoms with Crippen LogP contribution in [0, 0.1) is 0 Å². The van der Waals surface area contributed by atoms with E-state index in [0.717, 1.165) is 0 Å². The average molecular weight is 422 g/mol. The minimum Gasteiger partial charge on any atom is -0.492 e. The van der Waals surface area contributed by atoms with Crippen molar-refractivity contribution in [1.82, 2.24) is 9.29 Å². The Kier molecular flexibility index (Phi) is 7.98. The second-order valence-electron chi connectivity index (χ2n) is 6.08. The van der Waals surface area contributed by atoms with Crippen molar-refractivity contribution < 1.29 is 22.7 Å². The van der Waals surface area contributed by atoms with E-state index >= 15 is 0 Å². The lowest BCUT2D eigenvalue weighted by Crippen LogP contribution is -2.31. The van der Waals surface area contributed by atoms with Crippen LogP contribution < -0.4 is 14.8 Å². The van der Waals surface area contributed by atoms with Gasteiger partial charge in [0.05, 0.1) is 25.8 Å². The largest absolute Gasteiger partial charge is 0.492 e. The molecule has 0 aliphatic rings. The van der Waals surface area contributed by atoms with Crippen LogP contribution in [0.15, 0.2) is 41.3 Å². The van der Waals surface area contributed by atoms with Gasteiger partial charge in [-0.2, -0.15) is 4.31 Å². The van der Waals surface area contributed by atoms with Crippen LogP contribution >= 0.6 is 0 Å². The molecule has 0 unspecified atom stereocenters. The minimum absolute atomic E-state index is 0.0281. The van der Waals surface area contributed by atoms with Crippen molar-refractivity contribution in [3.8, 4) is 11.6 Å². The smallest absolute Gasteiger partial charge is 0.246 e. The number of rotatable bonds is 10. The number of carbonyl (C=O) groups excluding carboxylic acids is 1. The van der Waals surface area contributed by atoms with Gasteiger partial charge in [0.2, 0.25) is 21.8 Å². The number of aromatic nitrogens is 1. The number of anilines is 1. The molecule has 0 aliphatic heterocycles. The van der Waals surface area contributed by atoms with Crippen molar-refractivity contribution in [2.75, 3.05) is 32.1 Å². The molecule has 29 heavy (non-hydrogen) atoms. The number of amides is 1. The summed E-state index contributed by atoms with van der Waals surface area (Å²) in [4.78, 5) is 16.7. The van der Waals surface area contributed by atoms with Gasteiger partial charge < -0.3 is 14.8 Å². The Bertz CT molecular complexity index is 943. The first kappa shape index (κ1) is 22.6. The first-order valence-corrected chi connectivity index (χ1v) is 10.9. The zero-order valence-corrected chi connectivity index (χ0v) is 18.0. The summed E-state index contributed by atoms with van der Waals surface area (Å²) in [5.41, 5.74) is 0.913. The monoisotopic (exact) mass is 421 g/mol. The fraction of sp³-hybridized carbons (Fsp3) is 0.400. The molecule has 0 atom stereocenters. The zero-order chi connectivity index (χ0) is 21.4. The SMILES string of the molecule is CCOc1ccc(NC(=O)Cc2cccc(OC)n2)cc1S(=O)(=O)N(CC)CC. The highest BCUT2D eigenvalue weighted by Gasteiger charge is 2.26. The van der Waals surface area contributed by atoms with Crippen molar-refractivity contribution in [2.24, 2.45) is 0 Å². The van der Waals surface area contributed by atoms with Crippen LogP contribution in [0.4, 0.5) is 5.69 Å². The van der Waals surface area contributed by atoms with Crippen LogP contribution in [0.2, 0.25) is 0 Å². The van der Waals surface area contributed by atoms with Crippen molar-refractivity contribution in [3.63, 3.8) is 0 Å². The molecule has 0 aliphatic carbocycles. The molecular weight excluding hydrogens is 394 g/mol. The van der Waals surface area contributed by atoms with Crippen molar-refractivity contribution >= 4 is 21.6 Å². The van der Waals surface area contributed by atoms with E-state index in [1.54, 1.807) is 51.1 Å². The number of nitrogens with one attached hydrogen (secondary N) is 1. The third-order valence-corrected chi connectivity index (χ3v) is 6.25. The molecular formula is C20H27N3O5S. The van der Waals surface area contributed by atoms with Gasteiger partial charge in [0, 0.05) is 24.8 Å². The second kappa shape index (κ2) is 10.2. The fourth-order valence-electron chi connectivity index (χ4n) is 2.80. The molecule has 1 amide bonds. The van der Waals surface area contributed by atoms with Gasteiger partial charge in [0.25, 0.3) is 0 Å². The van der Waals surface area contributed by atoms with E-state index in [9.17, 15) is 13.2 Å². The Morgan fingerprint density at radius 1 is 1.14 bits per heavy atom. The molecule has 2 aromatic rings. The topological polar surface area (TPSA) is 97.8 Å². The normalized spacial score (nSPS) is 11.3. The number of pyridine rings is 1. The number of hydrogen-bond acceptors (Lipinski definition) is 6. The summed E-state index contributed by atoms with van der Waals surface area (Å²) >= 11 is 0. The summed E-state index contributed by atoms with van der Waals surface area (Å²) in [6, 6.07) is 9.76. The molecule has 1 heterocycles. The van der Waals surface area contributed by atoms with Crippen LogP contribution in [0.25, 0.3) is 0 Å². The van der Waals surface area contributed by atoms with Gasteiger partial charge >= 0.3 is 0 Å². The van der Waals surface area contributed by atoms with Gasteiger partial charge in [0.1, 0.15) is 10.6 Å². The third kappa shape index (κ3) is 5.68. The molecule has 8 nitrogen and oxygen atoms in total. The maximum absolute atomic E-state index is 13.0. The molecule has 0 saturated heterocycles. The average Bonchev–Trinajstić information content (AvgIpc) is 2.70. The Morgan fingerprint density at radius 2 is 1.86 bits per heavy atom. The molecule has 2 rings (SSSR count). The Morgan fingerprint density at radius 3 is 2.48 bits per heavy atom. The summed E-state index contributed by atoms with van der Waals surface area (Å²) in [7, 11) is -2.25. The van der Waals surface area contributed by atoms with Crippen LogP contribution in [0.3, 0.4) is 0 Å². The lowest BCUT2D eigenvalue weighted by atomic mass is 10.2. The van der Waals surface area contributed by atoms with Crippen molar-refractivity contribution in [3.05, 3.63) is 42.1 Å². The molecule has 0 bridgehead atoms. The van der Waals surface area contributed by atoms with Crippen LogP contribution in [-0.4, -0.2) is 50.4 Å². The van der Waals surface area contributed by atoms with Gasteiger partial charge in [-0.15, -0.1) is 0 Å². The van der Waals surface area contributed by atoms with Gasteiger partial charge in [-0.05, 0) is 31.2 Å². The van der Waals surface area contributed by atoms with E-state index in [4.69, 9.17) is 9.47 Å². The van der Waals surface area contributed by atoms with Gasteiger partial charge in [-0.25, -0.2) is 13.4 Å². The second-order valence-corrected chi connectivity index (χ2v) is 7.99. The lowest BCUT2D eigenvalue weighted by Gasteiger charge is -2.21. The van der Waals surface area contributed by atoms with Gasteiger partial charge in [-0.3, -0.25) is 4.79 Å². The van der Waals surface area contributed by atoms with E-state index in [1.165, 1.54) is 17.5 Å². The van der Waals surface area contributed by atoms with E-state index in [0.29, 0.717) is 37.0 Å². The first-order valence-electron chi connectivity index (χ1n) is 9.42. The summed E-state index contributed by atoms with van der Waals surface area (Å²) in [5.74, 6) is 0.358. The van der Waals surface area contributed by atoms with E-state index < -0.39 is 10.0 Å². The minimum atomic E-state index is -3.75. The zero-order valence-electron chi connectivity index (χ0n) is 17.1. The van der Waals surface area contributed by atoms with Crippen LogP contribution in [0.1, 0.15) is 26.5 Å². The Labute approximate surface area is 171 Å².